The van der Waals surface area contributed by atoms with E-state index < -0.39 is 18.0 Å². The molecule has 6 heteroatoms. The van der Waals surface area contributed by atoms with Crippen molar-refractivity contribution in [2.45, 2.75) is 124 Å². The van der Waals surface area contributed by atoms with E-state index in [4.69, 9.17) is 15.6 Å². The zero-order chi connectivity index (χ0) is 29.5. The quantitative estimate of drug-likeness (QED) is 0.259. The summed E-state index contributed by atoms with van der Waals surface area (Å²) in [5, 5.41) is 19.9. The zero-order valence-electron chi connectivity index (χ0n) is 25.9. The molecule has 0 radical (unpaired) electrons. The smallest absolute Gasteiger partial charge is 0.321 e. The minimum atomic E-state index is -1.22. The Kier molecular flexibility index (Phi) is 7.39. The van der Waals surface area contributed by atoms with E-state index in [2.05, 4.69) is 48.1 Å². The van der Waals surface area contributed by atoms with Gasteiger partial charge in [-0.3, -0.25) is 9.59 Å². The third kappa shape index (κ3) is 4.08. The van der Waals surface area contributed by atoms with E-state index in [9.17, 15) is 14.7 Å². The molecule has 0 aromatic carbocycles. The minimum absolute atomic E-state index is 0.0746. The van der Waals surface area contributed by atoms with Crippen LogP contribution in [0.1, 0.15) is 112 Å². The van der Waals surface area contributed by atoms with Crippen LogP contribution in [0, 0.1) is 56.7 Å². The summed E-state index contributed by atoms with van der Waals surface area (Å²) in [6, 6.07) is -1.22. The Labute approximate surface area is 241 Å². The molecule has 0 heterocycles. The number of rotatable bonds is 6. The van der Waals surface area contributed by atoms with E-state index in [1.165, 1.54) is 37.7 Å². The first kappa shape index (κ1) is 30.1. The summed E-state index contributed by atoms with van der Waals surface area (Å²) in [5.74, 6) is 1.08. The number of hydrogen-bond acceptors (Lipinski definition) is 5. The second-order valence-corrected chi connectivity index (χ2v) is 16.2. The van der Waals surface area contributed by atoms with E-state index in [1.807, 2.05) is 0 Å². The van der Waals surface area contributed by atoms with Crippen molar-refractivity contribution < 1.29 is 24.5 Å². The maximum absolute atomic E-state index is 12.7. The Hall–Kier alpha value is -1.40. The molecular weight excluding hydrogens is 502 g/mol. The predicted molar refractivity (Wildman–Crippen MR) is 156 cm³/mol. The fourth-order valence-corrected chi connectivity index (χ4v) is 12.2. The molecule has 5 saturated carbocycles. The average Bonchev–Trinajstić information content (AvgIpc) is 3.26. The van der Waals surface area contributed by atoms with Crippen LogP contribution in [-0.2, 0) is 14.3 Å². The van der Waals surface area contributed by atoms with Crippen LogP contribution in [-0.4, -0.2) is 40.9 Å². The molecule has 5 aliphatic rings. The Morgan fingerprint density at radius 1 is 0.925 bits per heavy atom. The zero-order valence-corrected chi connectivity index (χ0v) is 25.9. The van der Waals surface area contributed by atoms with Crippen molar-refractivity contribution in [3.8, 4) is 0 Å². The molecule has 6 nitrogen and oxygen atoms in total. The number of esters is 1. The van der Waals surface area contributed by atoms with E-state index in [0.717, 1.165) is 32.1 Å². The Morgan fingerprint density at radius 3 is 2.25 bits per heavy atom. The molecule has 40 heavy (non-hydrogen) atoms. The van der Waals surface area contributed by atoms with Gasteiger partial charge < -0.3 is 20.7 Å². The van der Waals surface area contributed by atoms with Gasteiger partial charge in [-0.05, 0) is 122 Å². The lowest BCUT2D eigenvalue weighted by Crippen LogP contribution is -2.67. The van der Waals surface area contributed by atoms with Gasteiger partial charge >= 0.3 is 11.9 Å². The number of aliphatic hydroxyl groups excluding tert-OH is 1. The van der Waals surface area contributed by atoms with Gasteiger partial charge in [0.25, 0.3) is 0 Å². The molecule has 226 valence electrons. The molecule has 0 bridgehead atoms. The standard InChI is InChI=1S/C34H55NO5/c1-20(2)21-10-15-34(19-36)17-16-32(6)22(28(21)34)8-9-25-31(5)13-12-26(40-27(37)18-23(35)29(38)39)30(3,4)24(31)11-14-33(25,32)7/h21-26,28,36H,1,8-19,35H2,2-7H3,(H,38,39)/t21-,22+,23-,24-,25+,26-,28+,31-,32+,33+,34+/m0/s1. The Bertz CT molecular complexity index is 1050. The summed E-state index contributed by atoms with van der Waals surface area (Å²) in [6.45, 7) is 19.3. The number of carboxylic acids is 1. The summed E-state index contributed by atoms with van der Waals surface area (Å²) in [6.07, 6.45) is 10.8. The van der Waals surface area contributed by atoms with Crippen molar-refractivity contribution in [2.75, 3.05) is 6.61 Å². The number of hydrogen-bond donors (Lipinski definition) is 3. The first-order valence-corrected chi connectivity index (χ1v) is 16.0. The van der Waals surface area contributed by atoms with Crippen molar-refractivity contribution in [3.05, 3.63) is 12.2 Å². The lowest BCUT2D eigenvalue weighted by atomic mass is 9.32. The van der Waals surface area contributed by atoms with E-state index in [-0.39, 0.29) is 39.6 Å². The van der Waals surface area contributed by atoms with Crippen molar-refractivity contribution >= 4 is 11.9 Å². The van der Waals surface area contributed by atoms with Gasteiger partial charge in [0.05, 0.1) is 6.42 Å². The molecule has 0 saturated heterocycles. The van der Waals surface area contributed by atoms with Gasteiger partial charge in [-0.15, -0.1) is 0 Å². The lowest BCUT2D eigenvalue weighted by Gasteiger charge is -2.73. The van der Waals surface area contributed by atoms with Gasteiger partial charge in [0.1, 0.15) is 12.1 Å². The van der Waals surface area contributed by atoms with Crippen molar-refractivity contribution in [1.29, 1.82) is 0 Å². The summed E-state index contributed by atoms with van der Waals surface area (Å²) in [7, 11) is 0. The topological polar surface area (TPSA) is 110 Å². The maximum Gasteiger partial charge on any atom is 0.321 e. The Morgan fingerprint density at radius 2 is 1.62 bits per heavy atom. The molecule has 5 rings (SSSR count). The summed E-state index contributed by atoms with van der Waals surface area (Å²) >= 11 is 0. The van der Waals surface area contributed by atoms with Gasteiger partial charge in [-0.2, -0.15) is 0 Å². The van der Waals surface area contributed by atoms with E-state index in [1.54, 1.807) is 0 Å². The van der Waals surface area contributed by atoms with Crippen LogP contribution in [0.3, 0.4) is 0 Å². The first-order chi connectivity index (χ1) is 18.6. The molecule has 11 atom stereocenters. The van der Waals surface area contributed by atoms with Gasteiger partial charge in [-0.1, -0.05) is 46.8 Å². The largest absolute Gasteiger partial charge is 0.480 e. The fraction of sp³-hybridized carbons (Fsp3) is 0.882. The first-order valence-electron chi connectivity index (χ1n) is 16.0. The van der Waals surface area contributed by atoms with Crippen LogP contribution in [0.4, 0.5) is 0 Å². The molecule has 0 aromatic heterocycles. The van der Waals surface area contributed by atoms with Crippen LogP contribution < -0.4 is 5.73 Å². The number of fused-ring (bicyclic) bond motifs is 7. The summed E-state index contributed by atoms with van der Waals surface area (Å²) in [5.41, 5.74) is 7.47. The third-order valence-corrected chi connectivity index (χ3v) is 14.5. The minimum Gasteiger partial charge on any atom is -0.480 e. The van der Waals surface area contributed by atoms with Crippen LogP contribution in [0.15, 0.2) is 12.2 Å². The SMILES string of the molecule is C=C(C)[C@@H]1CC[C@]2(CO)CC[C@]3(C)[C@H](CC[C@@H]4[C@@]5(C)CC[C@H](OC(=O)C[C@H](N)C(=O)O)C(C)(C)[C@@H]5CC[C@]43C)[C@@H]12. The van der Waals surface area contributed by atoms with Crippen LogP contribution >= 0.6 is 0 Å². The predicted octanol–water partition coefficient (Wildman–Crippen LogP) is 6.35. The average molecular weight is 558 g/mol. The number of aliphatic carboxylic acids is 1. The summed E-state index contributed by atoms with van der Waals surface area (Å²) in [4.78, 5) is 23.8. The Balaban J connectivity index is 1.41. The van der Waals surface area contributed by atoms with Gasteiger partial charge in [0.2, 0.25) is 0 Å². The highest BCUT2D eigenvalue weighted by Gasteiger charge is 2.71. The highest BCUT2D eigenvalue weighted by Crippen LogP contribution is 2.77. The molecule has 4 N–H and O–H groups in total. The molecular formula is C34H55NO5. The highest BCUT2D eigenvalue weighted by molar-refractivity contribution is 5.81. The second-order valence-electron chi connectivity index (χ2n) is 16.2. The maximum atomic E-state index is 12.7. The normalized spacial score (nSPS) is 48.1. The lowest BCUT2D eigenvalue weighted by molar-refractivity contribution is -0.251. The molecule has 0 spiro atoms. The molecule has 0 amide bonds. The van der Waals surface area contributed by atoms with Crippen molar-refractivity contribution in [3.63, 3.8) is 0 Å². The van der Waals surface area contributed by atoms with E-state index in [0.29, 0.717) is 36.2 Å². The molecule has 5 fully saturated rings. The molecule has 0 unspecified atom stereocenters. The third-order valence-electron chi connectivity index (χ3n) is 14.5. The van der Waals surface area contributed by atoms with Gasteiger partial charge in [0, 0.05) is 12.0 Å². The summed E-state index contributed by atoms with van der Waals surface area (Å²) < 4.78 is 5.98. The molecule has 0 aromatic rings. The van der Waals surface area contributed by atoms with Crippen molar-refractivity contribution in [1.82, 2.24) is 0 Å². The van der Waals surface area contributed by atoms with Crippen LogP contribution in [0.25, 0.3) is 0 Å². The van der Waals surface area contributed by atoms with Gasteiger partial charge in [0.15, 0.2) is 0 Å². The number of allylic oxidation sites excluding steroid dienone is 1. The molecule has 5 aliphatic carbocycles. The number of ether oxygens (including phenoxy) is 1. The highest BCUT2D eigenvalue weighted by atomic mass is 16.5. The van der Waals surface area contributed by atoms with E-state index >= 15 is 0 Å². The monoisotopic (exact) mass is 557 g/mol. The van der Waals surface area contributed by atoms with Crippen molar-refractivity contribution in [2.24, 2.45) is 62.4 Å². The second kappa shape index (κ2) is 9.82. The number of carbonyl (C=O) groups is 2. The van der Waals surface area contributed by atoms with Gasteiger partial charge in [-0.25, -0.2) is 0 Å². The number of aliphatic hydroxyl groups is 1. The number of carboxylic acid groups (broad SMARTS) is 1. The molecule has 0 aliphatic heterocycles. The van der Waals surface area contributed by atoms with Crippen LogP contribution in [0.5, 0.6) is 0 Å². The number of nitrogens with two attached hydrogens (primary N) is 1. The van der Waals surface area contributed by atoms with Crippen LogP contribution in [0.2, 0.25) is 0 Å². The number of carbonyl (C=O) groups excluding carboxylic acids is 1. The fourth-order valence-electron chi connectivity index (χ4n) is 12.2.